The monoisotopic (exact) mass is 403 g/mol. The molecule has 0 aliphatic carbocycles. The van der Waals surface area contributed by atoms with Gasteiger partial charge in [-0.15, -0.1) is 0 Å². The predicted octanol–water partition coefficient (Wildman–Crippen LogP) is 2.06. The fourth-order valence-electron chi connectivity index (χ4n) is 2.57. The Morgan fingerprint density at radius 2 is 1.48 bits per heavy atom. The SMILES string of the molecule is Cc1cccc([SiH2]N([SiH2]c2cccc(C)c2C)SN=C(Cl)C#N)c1C. The summed E-state index contributed by atoms with van der Waals surface area (Å²) in [5.41, 5.74) is 5.37. The van der Waals surface area contributed by atoms with Crippen LogP contribution in [0.4, 0.5) is 0 Å². The van der Waals surface area contributed by atoms with Crippen molar-refractivity contribution in [2.24, 2.45) is 4.40 Å². The second-order valence-corrected chi connectivity index (χ2v) is 12.8. The molecule has 3 nitrogen and oxygen atoms in total. The van der Waals surface area contributed by atoms with Crippen LogP contribution in [0, 0.1) is 39.0 Å². The van der Waals surface area contributed by atoms with Crippen LogP contribution < -0.4 is 10.4 Å². The first-order chi connectivity index (χ1) is 11.9. The summed E-state index contributed by atoms with van der Waals surface area (Å²) in [6.07, 6.45) is 0. The fourth-order valence-corrected chi connectivity index (χ4v) is 8.70. The van der Waals surface area contributed by atoms with E-state index in [1.165, 1.54) is 44.8 Å². The van der Waals surface area contributed by atoms with Gasteiger partial charge in [-0.3, -0.25) is 3.64 Å². The molecule has 25 heavy (non-hydrogen) atoms. The van der Waals surface area contributed by atoms with Crippen molar-refractivity contribution in [1.29, 1.82) is 5.26 Å². The van der Waals surface area contributed by atoms with Crippen molar-refractivity contribution in [3.63, 3.8) is 0 Å². The minimum Gasteiger partial charge on any atom is -0.276 e. The van der Waals surface area contributed by atoms with Crippen LogP contribution in [-0.2, 0) is 0 Å². The molecule has 0 aliphatic heterocycles. The van der Waals surface area contributed by atoms with Crippen LogP contribution in [0.3, 0.4) is 0 Å². The lowest BCUT2D eigenvalue weighted by Crippen LogP contribution is -2.40. The summed E-state index contributed by atoms with van der Waals surface area (Å²) in [6, 6.07) is 14.9. The largest absolute Gasteiger partial charge is 0.276 e. The zero-order chi connectivity index (χ0) is 18.4. The maximum atomic E-state index is 8.87. The van der Waals surface area contributed by atoms with E-state index < -0.39 is 19.4 Å². The molecular formula is C18H22ClN3SSi2. The van der Waals surface area contributed by atoms with Gasteiger partial charge in [0.2, 0.25) is 5.17 Å². The molecule has 0 bridgehead atoms. The van der Waals surface area contributed by atoms with Gasteiger partial charge in [0.15, 0.2) is 0 Å². The van der Waals surface area contributed by atoms with E-state index in [0.29, 0.717) is 0 Å². The van der Waals surface area contributed by atoms with Crippen molar-refractivity contribution < 1.29 is 0 Å². The Bertz CT molecular complexity index is 780. The standard InChI is InChI=1S/C18H22ClN3SSi2/c1-12-7-5-9-16(14(12)3)24-22(23-21-18(19)11-20)25-17-10-6-8-13(2)15(17)4/h5-10H,24-25H2,1-4H3. The number of rotatable bonds is 6. The topological polar surface area (TPSA) is 39.4 Å². The highest BCUT2D eigenvalue weighted by Crippen LogP contribution is 2.13. The van der Waals surface area contributed by atoms with E-state index in [4.69, 9.17) is 16.9 Å². The number of nitriles is 1. The van der Waals surface area contributed by atoms with Gasteiger partial charge in [0.05, 0.1) is 0 Å². The van der Waals surface area contributed by atoms with Gasteiger partial charge in [0, 0.05) is 12.1 Å². The number of halogens is 1. The highest BCUT2D eigenvalue weighted by molar-refractivity contribution is 7.98. The molecule has 2 aromatic rings. The van der Waals surface area contributed by atoms with E-state index >= 15 is 0 Å². The Morgan fingerprint density at radius 1 is 1.00 bits per heavy atom. The van der Waals surface area contributed by atoms with E-state index in [-0.39, 0.29) is 5.17 Å². The third-order valence-electron chi connectivity index (χ3n) is 4.46. The Hall–Kier alpha value is -1.37. The average molecular weight is 404 g/mol. The van der Waals surface area contributed by atoms with Crippen LogP contribution in [0.25, 0.3) is 0 Å². The van der Waals surface area contributed by atoms with Crippen LogP contribution in [0.15, 0.2) is 40.8 Å². The first-order valence-electron chi connectivity index (χ1n) is 8.08. The molecule has 130 valence electrons. The molecule has 0 radical (unpaired) electrons. The average Bonchev–Trinajstić information content (AvgIpc) is 2.60. The molecule has 0 aliphatic rings. The van der Waals surface area contributed by atoms with Crippen molar-refractivity contribution in [2.75, 3.05) is 0 Å². The van der Waals surface area contributed by atoms with Gasteiger partial charge in [0.25, 0.3) is 0 Å². The highest BCUT2D eigenvalue weighted by Gasteiger charge is 2.14. The number of hydrogen-bond donors (Lipinski definition) is 0. The lowest BCUT2D eigenvalue weighted by molar-refractivity contribution is 1.16. The molecule has 0 spiro atoms. The smallest absolute Gasteiger partial charge is 0.215 e. The zero-order valence-corrected chi connectivity index (χ0v) is 19.4. The lowest BCUT2D eigenvalue weighted by atomic mass is 10.1. The number of benzene rings is 2. The van der Waals surface area contributed by atoms with Crippen LogP contribution in [0.2, 0.25) is 0 Å². The van der Waals surface area contributed by atoms with Gasteiger partial charge in [0.1, 0.15) is 25.4 Å². The Morgan fingerprint density at radius 3 is 1.92 bits per heavy atom. The third kappa shape index (κ3) is 5.56. The summed E-state index contributed by atoms with van der Waals surface area (Å²) in [4.78, 5) is 0. The number of nitrogens with zero attached hydrogens (tertiary/aromatic N) is 3. The van der Waals surface area contributed by atoms with Crippen molar-refractivity contribution in [1.82, 2.24) is 3.64 Å². The fraction of sp³-hybridized carbons (Fsp3) is 0.222. The van der Waals surface area contributed by atoms with Crippen LogP contribution >= 0.6 is 23.7 Å². The summed E-state index contributed by atoms with van der Waals surface area (Å²) < 4.78 is 6.58. The normalized spacial score (nSPS) is 12.6. The predicted molar refractivity (Wildman–Crippen MR) is 117 cm³/mol. The maximum absolute atomic E-state index is 8.87. The summed E-state index contributed by atoms with van der Waals surface area (Å²) in [5.74, 6) is 0. The van der Waals surface area contributed by atoms with E-state index in [1.807, 2.05) is 6.07 Å². The summed E-state index contributed by atoms with van der Waals surface area (Å²) in [5, 5.41) is 11.7. The molecule has 2 rings (SSSR count). The van der Waals surface area contributed by atoms with Gasteiger partial charge in [-0.2, -0.15) is 9.66 Å². The molecule has 0 atom stereocenters. The lowest BCUT2D eigenvalue weighted by Gasteiger charge is -2.21. The molecule has 0 saturated carbocycles. The van der Waals surface area contributed by atoms with Crippen molar-refractivity contribution in [3.8, 4) is 6.07 Å². The molecule has 0 N–H and O–H groups in total. The highest BCUT2D eigenvalue weighted by atomic mass is 35.5. The van der Waals surface area contributed by atoms with E-state index in [2.05, 4.69) is 72.1 Å². The maximum Gasteiger partial charge on any atom is 0.215 e. The summed E-state index contributed by atoms with van der Waals surface area (Å²) >= 11 is 7.16. The Kier molecular flexibility index (Phi) is 7.47. The Balaban J connectivity index is 2.28. The third-order valence-corrected chi connectivity index (χ3v) is 10.9. The molecular weight excluding hydrogens is 382 g/mol. The zero-order valence-electron chi connectivity index (χ0n) is 15.0. The second kappa shape index (κ2) is 9.36. The molecule has 0 saturated heterocycles. The minimum absolute atomic E-state index is 0.0000663. The van der Waals surface area contributed by atoms with Gasteiger partial charge in [-0.05, 0) is 71.9 Å². The summed E-state index contributed by atoms with van der Waals surface area (Å²) in [7, 11) is -1.38. The minimum atomic E-state index is -0.688. The van der Waals surface area contributed by atoms with E-state index in [9.17, 15) is 0 Å². The molecule has 0 fully saturated rings. The van der Waals surface area contributed by atoms with Crippen LogP contribution in [0.5, 0.6) is 0 Å². The Labute approximate surface area is 164 Å². The molecule has 7 heteroatoms. The second-order valence-electron chi connectivity index (χ2n) is 6.09. The molecule has 2 aromatic carbocycles. The molecule has 0 unspecified atom stereocenters. The first-order valence-corrected chi connectivity index (χ1v) is 11.9. The van der Waals surface area contributed by atoms with E-state index in [1.54, 1.807) is 0 Å². The van der Waals surface area contributed by atoms with Crippen molar-refractivity contribution in [2.45, 2.75) is 27.7 Å². The van der Waals surface area contributed by atoms with Gasteiger partial charge < -0.3 is 0 Å². The van der Waals surface area contributed by atoms with Gasteiger partial charge in [-0.25, -0.2) is 0 Å². The first kappa shape index (κ1) is 20.0. The van der Waals surface area contributed by atoms with Gasteiger partial charge >= 0.3 is 0 Å². The molecule has 0 heterocycles. The van der Waals surface area contributed by atoms with Gasteiger partial charge in [-0.1, -0.05) is 36.4 Å². The summed E-state index contributed by atoms with van der Waals surface area (Å²) in [6.45, 7) is 8.67. The van der Waals surface area contributed by atoms with Crippen molar-refractivity contribution >= 4 is 58.6 Å². The molecule has 0 amide bonds. The van der Waals surface area contributed by atoms with E-state index in [0.717, 1.165) is 0 Å². The van der Waals surface area contributed by atoms with Crippen LogP contribution in [0.1, 0.15) is 22.3 Å². The molecule has 0 aromatic heterocycles. The van der Waals surface area contributed by atoms with Crippen molar-refractivity contribution in [3.05, 3.63) is 58.7 Å². The number of hydrogen-bond acceptors (Lipinski definition) is 4. The number of aryl methyl sites for hydroxylation is 2. The van der Waals surface area contributed by atoms with Crippen LogP contribution in [-0.4, -0.2) is 28.2 Å². The quantitative estimate of drug-likeness (QED) is 0.421.